The van der Waals surface area contributed by atoms with Gasteiger partial charge in [0.2, 0.25) is 11.8 Å². The molecule has 1 aromatic carbocycles. The normalized spacial score (nSPS) is 10.3. The van der Waals surface area contributed by atoms with Crippen molar-refractivity contribution in [2.24, 2.45) is 5.84 Å². The maximum atomic E-state index is 13.6. The molecule has 2 rings (SSSR count). The van der Waals surface area contributed by atoms with Gasteiger partial charge in [-0.2, -0.15) is 4.98 Å². The second-order valence-corrected chi connectivity index (χ2v) is 3.98. The molecule has 0 unspecified atom stereocenters. The molecule has 0 saturated carbocycles. The zero-order valence-corrected chi connectivity index (χ0v) is 10.7. The van der Waals surface area contributed by atoms with Crippen LogP contribution in [0.4, 0.5) is 31.9 Å². The number of hydrogen-bond acceptors (Lipinski definition) is 7. The number of benzene rings is 1. The monoisotopic (exact) mass is 296 g/mol. The molecular weight excluding hydrogens is 286 g/mol. The van der Waals surface area contributed by atoms with Crippen LogP contribution in [0.1, 0.15) is 5.69 Å². The average molecular weight is 296 g/mol. The van der Waals surface area contributed by atoms with Crippen molar-refractivity contribution in [3.8, 4) is 0 Å². The SMILES string of the molecule is Cc1nc(NN)nc(Nc2ccc(F)cc2F)c1[N+](=O)[O-]. The third-order valence-electron chi connectivity index (χ3n) is 2.55. The van der Waals surface area contributed by atoms with Crippen LogP contribution in [0.2, 0.25) is 0 Å². The van der Waals surface area contributed by atoms with Gasteiger partial charge >= 0.3 is 5.69 Å². The fourth-order valence-electron chi connectivity index (χ4n) is 1.66. The molecule has 2 aromatic rings. The van der Waals surface area contributed by atoms with E-state index in [0.717, 1.165) is 12.1 Å². The Bertz CT molecular complexity index is 709. The van der Waals surface area contributed by atoms with Crippen LogP contribution in [-0.2, 0) is 0 Å². The highest BCUT2D eigenvalue weighted by molar-refractivity contribution is 5.68. The van der Waals surface area contributed by atoms with Gasteiger partial charge in [-0.05, 0) is 19.1 Å². The molecular formula is C11H10F2N6O2. The second-order valence-electron chi connectivity index (χ2n) is 3.98. The number of anilines is 3. The third-order valence-corrected chi connectivity index (χ3v) is 2.55. The molecule has 0 saturated heterocycles. The van der Waals surface area contributed by atoms with Crippen LogP contribution < -0.4 is 16.6 Å². The molecule has 21 heavy (non-hydrogen) atoms. The summed E-state index contributed by atoms with van der Waals surface area (Å²) in [5, 5.41) is 13.5. The van der Waals surface area contributed by atoms with Crippen LogP contribution >= 0.6 is 0 Å². The standard InChI is InChI=1S/C11H10F2N6O2/c1-5-9(19(20)21)10(17-11(15-5)18-14)16-8-3-2-6(12)4-7(8)13/h2-4H,14H2,1H3,(H2,15,16,17,18). The number of hydrogen-bond donors (Lipinski definition) is 3. The Morgan fingerprint density at radius 1 is 1.33 bits per heavy atom. The topological polar surface area (TPSA) is 119 Å². The van der Waals surface area contributed by atoms with Crippen molar-refractivity contribution in [3.05, 3.63) is 45.6 Å². The summed E-state index contributed by atoms with van der Waals surface area (Å²) < 4.78 is 26.4. The van der Waals surface area contributed by atoms with Crippen LogP contribution in [0.5, 0.6) is 0 Å². The Morgan fingerprint density at radius 3 is 2.62 bits per heavy atom. The van der Waals surface area contributed by atoms with Crippen molar-refractivity contribution in [1.29, 1.82) is 0 Å². The van der Waals surface area contributed by atoms with E-state index in [-0.39, 0.29) is 23.1 Å². The Labute approximate surface area is 117 Å². The Balaban J connectivity index is 2.51. The minimum atomic E-state index is -0.914. The van der Waals surface area contributed by atoms with Crippen molar-refractivity contribution in [2.45, 2.75) is 6.92 Å². The number of nitro groups is 1. The number of nitrogens with one attached hydrogen (secondary N) is 2. The molecule has 0 aliphatic carbocycles. The molecule has 0 fully saturated rings. The molecule has 4 N–H and O–H groups in total. The lowest BCUT2D eigenvalue weighted by Gasteiger charge is -2.10. The molecule has 1 aromatic heterocycles. The smallest absolute Gasteiger partial charge is 0.332 e. The zero-order valence-electron chi connectivity index (χ0n) is 10.7. The summed E-state index contributed by atoms with van der Waals surface area (Å²) in [7, 11) is 0. The van der Waals surface area contributed by atoms with Gasteiger partial charge in [-0.1, -0.05) is 0 Å². The summed E-state index contributed by atoms with van der Waals surface area (Å²) in [5.41, 5.74) is 1.58. The van der Waals surface area contributed by atoms with E-state index < -0.39 is 22.2 Å². The third kappa shape index (κ3) is 3.00. The lowest BCUT2D eigenvalue weighted by atomic mass is 10.2. The lowest BCUT2D eigenvalue weighted by molar-refractivity contribution is -0.385. The summed E-state index contributed by atoms with van der Waals surface area (Å²) >= 11 is 0. The molecule has 0 bridgehead atoms. The molecule has 0 radical (unpaired) electrons. The predicted octanol–water partition coefficient (Wildman–Crippen LogP) is 2.00. The van der Waals surface area contributed by atoms with Crippen molar-refractivity contribution >= 4 is 23.1 Å². The van der Waals surface area contributed by atoms with E-state index in [0.29, 0.717) is 6.07 Å². The van der Waals surface area contributed by atoms with E-state index in [1.165, 1.54) is 6.92 Å². The summed E-state index contributed by atoms with van der Waals surface area (Å²) in [6.45, 7) is 1.38. The zero-order chi connectivity index (χ0) is 15.6. The molecule has 0 aliphatic heterocycles. The molecule has 0 amide bonds. The number of hydrazine groups is 1. The van der Waals surface area contributed by atoms with Gasteiger partial charge < -0.3 is 5.32 Å². The summed E-state index contributed by atoms with van der Waals surface area (Å²) in [5.74, 6) is 3.14. The molecule has 10 heteroatoms. The number of halogens is 2. The van der Waals surface area contributed by atoms with Crippen LogP contribution in [0, 0.1) is 28.7 Å². The first-order valence-corrected chi connectivity index (χ1v) is 5.64. The number of aromatic nitrogens is 2. The van der Waals surface area contributed by atoms with E-state index >= 15 is 0 Å². The van der Waals surface area contributed by atoms with Crippen molar-refractivity contribution in [1.82, 2.24) is 9.97 Å². The number of nitrogens with zero attached hydrogens (tertiary/aromatic N) is 3. The Kier molecular flexibility index (Phi) is 3.89. The van der Waals surface area contributed by atoms with Crippen LogP contribution in [0.15, 0.2) is 18.2 Å². The fourth-order valence-corrected chi connectivity index (χ4v) is 1.66. The first kappa shape index (κ1) is 14.5. The summed E-state index contributed by atoms with van der Waals surface area (Å²) in [6, 6.07) is 2.75. The highest BCUT2D eigenvalue weighted by Gasteiger charge is 2.23. The number of aryl methyl sites for hydroxylation is 1. The van der Waals surface area contributed by atoms with E-state index in [4.69, 9.17) is 5.84 Å². The summed E-state index contributed by atoms with van der Waals surface area (Å²) in [6.07, 6.45) is 0. The van der Waals surface area contributed by atoms with E-state index in [9.17, 15) is 18.9 Å². The van der Waals surface area contributed by atoms with Gasteiger partial charge in [0.25, 0.3) is 0 Å². The number of nitrogens with two attached hydrogens (primary N) is 1. The lowest BCUT2D eigenvalue weighted by Crippen LogP contribution is -2.13. The van der Waals surface area contributed by atoms with Gasteiger partial charge in [-0.3, -0.25) is 15.5 Å². The van der Waals surface area contributed by atoms with E-state index in [2.05, 4.69) is 20.7 Å². The number of rotatable bonds is 4. The van der Waals surface area contributed by atoms with Gasteiger partial charge in [0, 0.05) is 6.07 Å². The van der Waals surface area contributed by atoms with Crippen LogP contribution in [0.25, 0.3) is 0 Å². The summed E-state index contributed by atoms with van der Waals surface area (Å²) in [4.78, 5) is 17.9. The van der Waals surface area contributed by atoms with Crippen LogP contribution in [-0.4, -0.2) is 14.9 Å². The average Bonchev–Trinajstić information content (AvgIpc) is 2.40. The van der Waals surface area contributed by atoms with E-state index in [1.54, 1.807) is 0 Å². The number of nitrogen functional groups attached to an aromatic ring is 1. The molecule has 0 atom stereocenters. The quantitative estimate of drug-likeness (QED) is 0.448. The van der Waals surface area contributed by atoms with Gasteiger partial charge in [0.1, 0.15) is 17.3 Å². The van der Waals surface area contributed by atoms with Gasteiger partial charge in [-0.25, -0.2) is 19.6 Å². The van der Waals surface area contributed by atoms with Gasteiger partial charge in [0.05, 0.1) is 10.6 Å². The molecule has 0 spiro atoms. The molecule has 1 heterocycles. The maximum Gasteiger partial charge on any atom is 0.332 e. The van der Waals surface area contributed by atoms with Crippen molar-refractivity contribution < 1.29 is 13.7 Å². The van der Waals surface area contributed by atoms with Gasteiger partial charge in [0.15, 0.2) is 0 Å². The first-order chi connectivity index (χ1) is 9.92. The largest absolute Gasteiger partial charge is 0.332 e. The maximum absolute atomic E-state index is 13.6. The highest BCUT2D eigenvalue weighted by atomic mass is 19.1. The second kappa shape index (κ2) is 5.63. The molecule has 110 valence electrons. The molecule has 0 aliphatic rings. The van der Waals surface area contributed by atoms with Gasteiger partial charge in [-0.15, -0.1) is 0 Å². The first-order valence-electron chi connectivity index (χ1n) is 5.64. The predicted molar refractivity (Wildman–Crippen MR) is 70.9 cm³/mol. The minimum Gasteiger partial charge on any atom is -0.332 e. The molecule has 8 nitrogen and oxygen atoms in total. The fraction of sp³-hybridized carbons (Fsp3) is 0.0909. The Morgan fingerprint density at radius 2 is 2.05 bits per heavy atom. The van der Waals surface area contributed by atoms with Crippen molar-refractivity contribution in [3.63, 3.8) is 0 Å². The van der Waals surface area contributed by atoms with E-state index in [1.807, 2.05) is 0 Å². The minimum absolute atomic E-state index is 0.0352. The highest BCUT2D eigenvalue weighted by Crippen LogP contribution is 2.30. The van der Waals surface area contributed by atoms with Crippen molar-refractivity contribution in [2.75, 3.05) is 10.7 Å². The Hall–Kier alpha value is -2.88. The van der Waals surface area contributed by atoms with Crippen LogP contribution in [0.3, 0.4) is 0 Å².